The van der Waals surface area contributed by atoms with Gasteiger partial charge in [-0.1, -0.05) is 24.3 Å². The lowest BCUT2D eigenvalue weighted by Crippen LogP contribution is -2.33. The highest BCUT2D eigenvalue weighted by molar-refractivity contribution is 8.80. The number of hydrogen-bond acceptors (Lipinski definition) is 5. The Bertz CT molecular complexity index is 1130. The van der Waals surface area contributed by atoms with Crippen LogP contribution in [0.3, 0.4) is 0 Å². The Morgan fingerprint density at radius 1 is 1.14 bits per heavy atom. The Balaban J connectivity index is 2.11. The molecule has 0 aliphatic carbocycles. The SMILES string of the molecule is COc1ccc(CS2(F)(F)(Cl)N=CN/C2=N\S(=O)(=O)c2ccccc2)c(OC)c1. The number of nitrogens with zero attached hydrogens (tertiary/aromatic N) is 2. The molecule has 0 saturated carbocycles. The van der Waals surface area contributed by atoms with E-state index in [4.69, 9.17) is 20.2 Å². The van der Waals surface area contributed by atoms with Crippen LogP contribution in [0.2, 0.25) is 0 Å². The zero-order valence-corrected chi connectivity index (χ0v) is 17.8. The Morgan fingerprint density at radius 3 is 2.45 bits per heavy atom. The topological polar surface area (TPSA) is 89.4 Å². The molecule has 3 rings (SSSR count). The zero-order chi connectivity index (χ0) is 21.4. The summed E-state index contributed by atoms with van der Waals surface area (Å²) in [6.07, 6.45) is 0.657. The Hall–Kier alpha value is -2.37. The molecule has 0 bridgehead atoms. The van der Waals surface area contributed by atoms with Crippen molar-refractivity contribution in [1.82, 2.24) is 5.32 Å². The highest BCUT2D eigenvalue weighted by Crippen LogP contribution is 3.00. The molecule has 1 heterocycles. The van der Waals surface area contributed by atoms with E-state index in [1.807, 2.05) is 0 Å². The molecule has 0 aromatic heterocycles. The van der Waals surface area contributed by atoms with Crippen molar-refractivity contribution < 1.29 is 25.7 Å². The largest absolute Gasteiger partial charge is 0.497 e. The molecule has 0 spiro atoms. The third-order valence-electron chi connectivity index (χ3n) is 4.12. The van der Waals surface area contributed by atoms with Crippen molar-refractivity contribution in [2.75, 3.05) is 14.2 Å². The van der Waals surface area contributed by atoms with Crippen LogP contribution in [0.5, 0.6) is 11.5 Å². The van der Waals surface area contributed by atoms with Crippen molar-refractivity contribution in [2.45, 2.75) is 10.6 Å². The first kappa shape index (κ1) is 21.3. The summed E-state index contributed by atoms with van der Waals surface area (Å²) < 4.78 is 73.9. The first-order valence-corrected chi connectivity index (χ1v) is 12.7. The minimum Gasteiger partial charge on any atom is -0.497 e. The molecule has 0 fully saturated rings. The van der Waals surface area contributed by atoms with E-state index in [9.17, 15) is 8.42 Å². The molecule has 0 saturated heterocycles. The number of nitrogens with one attached hydrogen (secondary N) is 1. The summed E-state index contributed by atoms with van der Waals surface area (Å²) in [6, 6.07) is 11.2. The van der Waals surface area contributed by atoms with Crippen LogP contribution in [-0.2, 0) is 15.8 Å². The van der Waals surface area contributed by atoms with E-state index in [0.717, 1.165) is 0 Å². The van der Waals surface area contributed by atoms with Crippen LogP contribution in [-0.4, -0.2) is 34.1 Å². The Labute approximate surface area is 170 Å². The molecule has 1 N–H and O–H groups in total. The number of sulfonamides is 1. The fourth-order valence-electron chi connectivity index (χ4n) is 2.66. The van der Waals surface area contributed by atoms with Crippen LogP contribution in [0.1, 0.15) is 5.56 Å². The summed E-state index contributed by atoms with van der Waals surface area (Å²) in [7, 11) is -2.85. The number of rotatable bonds is 6. The summed E-state index contributed by atoms with van der Waals surface area (Å²) in [6.45, 7) is 0. The maximum absolute atomic E-state index is 16.1. The predicted octanol–water partition coefficient (Wildman–Crippen LogP) is 4.29. The predicted molar refractivity (Wildman–Crippen MR) is 112 cm³/mol. The van der Waals surface area contributed by atoms with Gasteiger partial charge < -0.3 is 14.8 Å². The molecule has 1 aliphatic rings. The van der Waals surface area contributed by atoms with E-state index in [1.54, 1.807) is 6.07 Å². The first-order valence-electron chi connectivity index (χ1n) is 8.11. The molecule has 158 valence electrons. The smallest absolute Gasteiger partial charge is 0.284 e. The van der Waals surface area contributed by atoms with Crippen LogP contribution in [0, 0.1) is 0 Å². The zero-order valence-electron chi connectivity index (χ0n) is 15.4. The van der Waals surface area contributed by atoms with Gasteiger partial charge in [0.15, 0.2) is 0 Å². The Kier molecular flexibility index (Phi) is 4.84. The highest BCUT2D eigenvalue weighted by atomic mass is 35.7. The van der Waals surface area contributed by atoms with Gasteiger partial charge in [-0.3, -0.25) is 0 Å². The van der Waals surface area contributed by atoms with E-state index in [2.05, 4.69) is 14.1 Å². The molecule has 2 aromatic carbocycles. The van der Waals surface area contributed by atoms with Gasteiger partial charge in [0.2, 0.25) is 5.17 Å². The second-order valence-electron chi connectivity index (χ2n) is 6.19. The molecule has 12 heteroatoms. The quantitative estimate of drug-likeness (QED) is 0.687. The van der Waals surface area contributed by atoms with Crippen LogP contribution in [0.15, 0.2) is 62.2 Å². The fraction of sp³-hybridized carbons (Fsp3) is 0.176. The lowest BCUT2D eigenvalue weighted by atomic mass is 10.2. The fourth-order valence-corrected chi connectivity index (χ4v) is 7.19. The van der Waals surface area contributed by atoms with E-state index < -0.39 is 29.4 Å². The van der Waals surface area contributed by atoms with Crippen LogP contribution >= 0.6 is 19.1 Å². The number of methoxy groups -OCH3 is 2. The third-order valence-corrected chi connectivity index (χ3v) is 9.14. The van der Waals surface area contributed by atoms with Gasteiger partial charge in [0.25, 0.3) is 10.0 Å². The van der Waals surface area contributed by atoms with Crippen LogP contribution in [0.4, 0.5) is 7.77 Å². The summed E-state index contributed by atoms with van der Waals surface area (Å²) in [5.41, 5.74) is 0.0145. The number of hydrogen-bond donors (Lipinski definition) is 1. The van der Waals surface area contributed by atoms with Gasteiger partial charge in [0.05, 0.1) is 24.9 Å². The highest BCUT2D eigenvalue weighted by Gasteiger charge is 2.68. The summed E-state index contributed by atoms with van der Waals surface area (Å²) in [4.78, 5) is -0.250. The van der Waals surface area contributed by atoms with Gasteiger partial charge >= 0.3 is 0 Å². The molecule has 0 radical (unpaired) electrons. The normalized spacial score (nSPS) is 22.6. The maximum atomic E-state index is 16.1. The van der Waals surface area contributed by atoms with Gasteiger partial charge in [0, 0.05) is 22.3 Å². The van der Waals surface area contributed by atoms with Gasteiger partial charge in [-0.25, -0.2) is 0 Å². The van der Waals surface area contributed by atoms with Crippen molar-refractivity contribution in [3.63, 3.8) is 0 Å². The lowest BCUT2D eigenvalue weighted by molar-refractivity contribution is 0.392. The Morgan fingerprint density at radius 2 is 1.83 bits per heavy atom. The maximum Gasteiger partial charge on any atom is 0.284 e. The van der Waals surface area contributed by atoms with E-state index in [0.29, 0.717) is 12.1 Å². The van der Waals surface area contributed by atoms with Gasteiger partial charge in [0.1, 0.15) is 26.3 Å². The molecule has 0 unspecified atom stereocenters. The first-order chi connectivity index (χ1) is 13.4. The van der Waals surface area contributed by atoms with Crippen molar-refractivity contribution >= 4 is 40.7 Å². The summed E-state index contributed by atoms with van der Waals surface area (Å²) >= 11 is 0. The monoisotopic (exact) mass is 465 g/mol. The third kappa shape index (κ3) is 4.02. The molecule has 29 heavy (non-hydrogen) atoms. The average Bonchev–Trinajstić information content (AvgIpc) is 2.93. The van der Waals surface area contributed by atoms with E-state index in [1.165, 1.54) is 56.7 Å². The summed E-state index contributed by atoms with van der Waals surface area (Å²) in [5, 5.41) is 0.904. The van der Waals surface area contributed by atoms with Crippen molar-refractivity contribution in [3.8, 4) is 11.5 Å². The molecule has 2 aromatic rings. The van der Waals surface area contributed by atoms with Gasteiger partial charge in [-0.15, -0.1) is 12.2 Å². The van der Waals surface area contributed by atoms with E-state index >= 15 is 7.77 Å². The van der Waals surface area contributed by atoms with Gasteiger partial charge in [-0.05, 0) is 18.2 Å². The molecular formula is C17H18ClF2N3O4S2. The van der Waals surface area contributed by atoms with Gasteiger partial charge in [-0.2, -0.15) is 12.8 Å². The molecule has 0 amide bonds. The molecule has 0 atom stereocenters. The van der Waals surface area contributed by atoms with Crippen LogP contribution in [0.25, 0.3) is 0 Å². The standard InChI is InChI=1S/C17H18ClF2N3O4S2/c1-26-14-9-8-13(16(10-14)27-2)11-29(18,19,20)17(21-12-22-29)23-28(24,25)15-6-4-3-5-7-15/h3-10,12H,11H2,1-2H3,(H,21,22,23). The van der Waals surface area contributed by atoms with E-state index in [-0.39, 0.29) is 16.2 Å². The second kappa shape index (κ2) is 6.57. The molecule has 7 nitrogen and oxygen atoms in total. The van der Waals surface area contributed by atoms with Crippen LogP contribution < -0.4 is 14.8 Å². The molecular weight excluding hydrogens is 448 g/mol. The number of halogens is 3. The minimum atomic E-state index is -7.04. The lowest BCUT2D eigenvalue weighted by Gasteiger charge is -2.52. The number of ether oxygens (including phenoxy) is 2. The van der Waals surface area contributed by atoms with Crippen molar-refractivity contribution in [1.29, 1.82) is 0 Å². The number of amidine groups is 1. The minimum absolute atomic E-state index is 0.0145. The summed E-state index contributed by atoms with van der Waals surface area (Å²) in [5.74, 6) is -0.628. The van der Waals surface area contributed by atoms with Crippen molar-refractivity contribution in [2.24, 2.45) is 8.80 Å². The van der Waals surface area contributed by atoms with Crippen molar-refractivity contribution in [3.05, 3.63) is 54.1 Å². The number of benzene rings is 2. The average molecular weight is 466 g/mol. The molecule has 1 aliphatic heterocycles. The second-order valence-corrected chi connectivity index (χ2v) is 13.5.